The van der Waals surface area contributed by atoms with Gasteiger partial charge in [-0.3, -0.25) is 0 Å². The van der Waals surface area contributed by atoms with Crippen LogP contribution < -0.4 is 10.5 Å². The monoisotopic (exact) mass is 272 g/mol. The van der Waals surface area contributed by atoms with Crippen LogP contribution in [0.5, 0.6) is 11.5 Å². The molecule has 0 aromatic heterocycles. The maximum atomic E-state index is 13.4. The maximum absolute atomic E-state index is 13.4. The quantitative estimate of drug-likeness (QED) is 0.837. The lowest BCUT2D eigenvalue weighted by Gasteiger charge is -2.10. The van der Waals surface area contributed by atoms with Crippen molar-refractivity contribution in [2.45, 2.75) is 0 Å². The van der Waals surface area contributed by atoms with E-state index in [0.717, 1.165) is 6.07 Å². The van der Waals surface area contributed by atoms with Gasteiger partial charge in [0, 0.05) is 0 Å². The van der Waals surface area contributed by atoms with E-state index in [-0.39, 0.29) is 28.3 Å². The number of nitriles is 1. The number of aromatic carboxylic acids is 1. The molecule has 0 amide bonds. The molecule has 6 heteroatoms. The fourth-order valence-corrected chi connectivity index (χ4v) is 1.57. The van der Waals surface area contributed by atoms with E-state index in [1.54, 1.807) is 6.07 Å². The molecule has 100 valence electrons. The van der Waals surface area contributed by atoms with Crippen molar-refractivity contribution in [3.63, 3.8) is 0 Å². The Morgan fingerprint density at radius 1 is 1.30 bits per heavy atom. The van der Waals surface area contributed by atoms with Gasteiger partial charge in [0.05, 0.1) is 11.3 Å². The molecule has 0 saturated heterocycles. The number of hydrogen-bond donors (Lipinski definition) is 2. The number of anilines is 1. The first-order valence-corrected chi connectivity index (χ1v) is 5.52. The minimum atomic E-state index is -1.14. The number of nitrogens with two attached hydrogens (primary N) is 1. The van der Waals surface area contributed by atoms with E-state index in [9.17, 15) is 9.18 Å². The first kappa shape index (κ1) is 13.4. The van der Waals surface area contributed by atoms with E-state index in [4.69, 9.17) is 20.8 Å². The third-order valence-corrected chi connectivity index (χ3v) is 2.57. The van der Waals surface area contributed by atoms with Gasteiger partial charge in [0.1, 0.15) is 23.2 Å². The van der Waals surface area contributed by atoms with Crippen LogP contribution >= 0.6 is 0 Å². The first-order valence-electron chi connectivity index (χ1n) is 5.52. The Bertz CT molecular complexity index is 723. The van der Waals surface area contributed by atoms with E-state index in [0.29, 0.717) is 0 Å². The molecule has 0 heterocycles. The molecule has 0 spiro atoms. The molecule has 2 rings (SSSR count). The lowest BCUT2D eigenvalue weighted by molar-refractivity contribution is 0.0696. The molecule has 0 aliphatic rings. The molecular formula is C14H9FN2O3. The summed E-state index contributed by atoms with van der Waals surface area (Å²) < 4.78 is 18.8. The highest BCUT2D eigenvalue weighted by molar-refractivity contribution is 5.89. The number of halogens is 1. The smallest absolute Gasteiger partial charge is 0.335 e. The predicted molar refractivity (Wildman–Crippen MR) is 69.0 cm³/mol. The number of benzene rings is 2. The second-order valence-corrected chi connectivity index (χ2v) is 3.88. The molecule has 5 nitrogen and oxygen atoms in total. The fraction of sp³-hybridized carbons (Fsp3) is 0. The van der Waals surface area contributed by atoms with Gasteiger partial charge in [0.2, 0.25) is 0 Å². The number of carboxylic acid groups (broad SMARTS) is 1. The van der Waals surface area contributed by atoms with Crippen LogP contribution in [0.1, 0.15) is 15.9 Å². The van der Waals surface area contributed by atoms with Crippen molar-refractivity contribution in [3.05, 3.63) is 53.3 Å². The van der Waals surface area contributed by atoms with Crippen molar-refractivity contribution in [1.82, 2.24) is 0 Å². The summed E-state index contributed by atoms with van der Waals surface area (Å²) >= 11 is 0. The van der Waals surface area contributed by atoms with Gasteiger partial charge >= 0.3 is 5.97 Å². The Morgan fingerprint density at radius 3 is 2.70 bits per heavy atom. The van der Waals surface area contributed by atoms with Crippen LogP contribution in [0.2, 0.25) is 0 Å². The lowest BCUT2D eigenvalue weighted by atomic mass is 10.2. The van der Waals surface area contributed by atoms with Gasteiger partial charge in [0.15, 0.2) is 5.75 Å². The van der Waals surface area contributed by atoms with Crippen LogP contribution in [-0.4, -0.2) is 11.1 Å². The minimum Gasteiger partial charge on any atom is -0.478 e. The minimum absolute atomic E-state index is 0.0240. The molecule has 0 aliphatic heterocycles. The summed E-state index contributed by atoms with van der Waals surface area (Å²) in [7, 11) is 0. The van der Waals surface area contributed by atoms with Gasteiger partial charge in [-0.15, -0.1) is 0 Å². The van der Waals surface area contributed by atoms with Gasteiger partial charge in [-0.05, 0) is 30.3 Å². The normalized spacial score (nSPS) is 9.80. The van der Waals surface area contributed by atoms with Crippen molar-refractivity contribution in [3.8, 4) is 17.6 Å². The van der Waals surface area contributed by atoms with Gasteiger partial charge in [0.25, 0.3) is 0 Å². The molecule has 0 atom stereocenters. The summed E-state index contributed by atoms with van der Waals surface area (Å²) in [6.07, 6.45) is 0. The van der Waals surface area contributed by atoms with Gasteiger partial charge < -0.3 is 15.6 Å². The zero-order valence-electron chi connectivity index (χ0n) is 10.1. The second-order valence-electron chi connectivity index (χ2n) is 3.88. The topological polar surface area (TPSA) is 96.3 Å². The molecule has 0 fully saturated rings. The molecule has 0 aliphatic carbocycles. The van der Waals surface area contributed by atoms with Crippen molar-refractivity contribution < 1.29 is 19.0 Å². The number of nitrogens with zero attached hydrogens (tertiary/aromatic N) is 1. The van der Waals surface area contributed by atoms with Crippen molar-refractivity contribution in [2.75, 3.05) is 5.73 Å². The van der Waals surface area contributed by atoms with Gasteiger partial charge in [-0.2, -0.15) is 5.26 Å². The molecule has 20 heavy (non-hydrogen) atoms. The van der Waals surface area contributed by atoms with Crippen molar-refractivity contribution in [1.29, 1.82) is 5.26 Å². The Hall–Kier alpha value is -3.07. The fourth-order valence-electron chi connectivity index (χ4n) is 1.57. The molecule has 0 saturated carbocycles. The standard InChI is InChI=1S/C14H9FN2O3/c15-10-2-1-3-12(9(10)7-16)20-13-6-8(14(18)19)4-5-11(13)17/h1-6H,17H2,(H,18,19). The molecule has 0 bridgehead atoms. The Balaban J connectivity index is 2.45. The van der Waals surface area contributed by atoms with Crippen molar-refractivity contribution >= 4 is 11.7 Å². The molecule has 0 unspecified atom stereocenters. The van der Waals surface area contributed by atoms with Gasteiger partial charge in [-0.1, -0.05) is 6.07 Å². The lowest BCUT2D eigenvalue weighted by Crippen LogP contribution is -2.00. The maximum Gasteiger partial charge on any atom is 0.335 e. The number of hydrogen-bond acceptors (Lipinski definition) is 4. The number of ether oxygens (including phenoxy) is 1. The van der Waals surface area contributed by atoms with Crippen molar-refractivity contribution in [2.24, 2.45) is 0 Å². The summed E-state index contributed by atoms with van der Waals surface area (Å²) in [5, 5.41) is 17.8. The second kappa shape index (κ2) is 5.28. The number of rotatable bonds is 3. The summed E-state index contributed by atoms with van der Waals surface area (Å²) in [5.41, 5.74) is 5.56. The largest absolute Gasteiger partial charge is 0.478 e. The third kappa shape index (κ3) is 2.52. The molecule has 2 aromatic carbocycles. The summed E-state index contributed by atoms with van der Waals surface area (Å²) in [6.45, 7) is 0. The highest BCUT2D eigenvalue weighted by atomic mass is 19.1. The van der Waals surface area contributed by atoms with E-state index >= 15 is 0 Å². The SMILES string of the molecule is N#Cc1c(F)cccc1Oc1cc(C(=O)O)ccc1N. The average molecular weight is 272 g/mol. The van der Waals surface area contributed by atoms with E-state index in [1.807, 2.05) is 0 Å². The highest BCUT2D eigenvalue weighted by Crippen LogP contribution is 2.31. The number of nitrogen functional groups attached to an aromatic ring is 1. The molecular weight excluding hydrogens is 263 g/mol. The predicted octanol–water partition coefficient (Wildman–Crippen LogP) is 2.77. The van der Waals surface area contributed by atoms with Crippen LogP contribution in [0.4, 0.5) is 10.1 Å². The van der Waals surface area contributed by atoms with Crippen LogP contribution in [0.3, 0.4) is 0 Å². The summed E-state index contributed by atoms with van der Waals surface area (Å²) in [5.74, 6) is -1.85. The van der Waals surface area contributed by atoms with Crippen LogP contribution in [-0.2, 0) is 0 Å². The zero-order valence-corrected chi connectivity index (χ0v) is 10.1. The van der Waals surface area contributed by atoms with Crippen LogP contribution in [0, 0.1) is 17.1 Å². The number of carbonyl (C=O) groups is 1. The summed E-state index contributed by atoms with van der Waals surface area (Å²) in [4.78, 5) is 10.9. The third-order valence-electron chi connectivity index (χ3n) is 2.57. The van der Waals surface area contributed by atoms with E-state index in [1.165, 1.54) is 30.3 Å². The van der Waals surface area contributed by atoms with E-state index in [2.05, 4.69) is 0 Å². The zero-order chi connectivity index (χ0) is 14.7. The highest BCUT2D eigenvalue weighted by Gasteiger charge is 2.13. The summed E-state index contributed by atoms with van der Waals surface area (Å²) in [6, 6.07) is 9.48. The first-order chi connectivity index (χ1) is 9.52. The average Bonchev–Trinajstić information content (AvgIpc) is 2.41. The molecule has 0 radical (unpaired) electrons. The van der Waals surface area contributed by atoms with Crippen LogP contribution in [0.15, 0.2) is 36.4 Å². The Kier molecular flexibility index (Phi) is 3.53. The number of carboxylic acids is 1. The van der Waals surface area contributed by atoms with Gasteiger partial charge in [-0.25, -0.2) is 9.18 Å². The molecule has 2 aromatic rings. The Labute approximate surface area is 113 Å². The Morgan fingerprint density at radius 2 is 2.05 bits per heavy atom. The van der Waals surface area contributed by atoms with Crippen LogP contribution in [0.25, 0.3) is 0 Å². The molecule has 3 N–H and O–H groups in total. The van der Waals surface area contributed by atoms with E-state index < -0.39 is 11.8 Å².